The van der Waals surface area contributed by atoms with E-state index in [0.29, 0.717) is 27.6 Å². The van der Waals surface area contributed by atoms with E-state index in [0.717, 1.165) is 11.3 Å². The Hall–Kier alpha value is -2.10. The van der Waals surface area contributed by atoms with Crippen molar-refractivity contribution in [3.05, 3.63) is 40.5 Å². The fourth-order valence-corrected chi connectivity index (χ4v) is 3.55. The molecule has 2 heterocycles. The third kappa shape index (κ3) is 4.30. The second-order valence-corrected chi connectivity index (χ2v) is 7.24. The molecule has 0 unspecified atom stereocenters. The van der Waals surface area contributed by atoms with Crippen molar-refractivity contribution in [2.24, 2.45) is 0 Å². The van der Waals surface area contributed by atoms with Crippen molar-refractivity contribution in [1.82, 2.24) is 19.9 Å². The molecule has 10 heteroatoms. The molecule has 0 aliphatic heterocycles. The van der Waals surface area contributed by atoms with Crippen molar-refractivity contribution in [3.63, 3.8) is 0 Å². The lowest BCUT2D eigenvalue weighted by atomic mass is 10.2. The van der Waals surface area contributed by atoms with E-state index >= 15 is 0 Å². The minimum atomic E-state index is -0.178. The Kier molecular flexibility index (Phi) is 5.57. The quantitative estimate of drug-likeness (QED) is 0.492. The monoisotopic (exact) mass is 394 g/mol. The third-order valence-corrected chi connectivity index (χ3v) is 5.23. The van der Waals surface area contributed by atoms with Gasteiger partial charge in [0.1, 0.15) is 0 Å². The molecule has 0 bridgehead atoms. The summed E-state index contributed by atoms with van der Waals surface area (Å²) in [7, 11) is 0. The van der Waals surface area contributed by atoms with Crippen LogP contribution >= 0.6 is 34.7 Å². The molecule has 0 saturated carbocycles. The molecule has 0 saturated heterocycles. The molecule has 130 valence electrons. The number of hydrogen-bond acceptors (Lipinski definition) is 7. The van der Waals surface area contributed by atoms with E-state index in [2.05, 4.69) is 20.5 Å². The summed E-state index contributed by atoms with van der Waals surface area (Å²) in [5.41, 5.74) is 1.73. The summed E-state index contributed by atoms with van der Waals surface area (Å²) in [5, 5.41) is 14.3. The van der Waals surface area contributed by atoms with E-state index in [1.165, 1.54) is 27.8 Å². The van der Waals surface area contributed by atoms with Gasteiger partial charge in [0.25, 0.3) is 0 Å². The van der Waals surface area contributed by atoms with Gasteiger partial charge in [-0.25, -0.2) is 9.66 Å². The Labute approximate surface area is 157 Å². The Morgan fingerprint density at radius 1 is 1.36 bits per heavy atom. The normalized spacial score (nSPS) is 10.8. The van der Waals surface area contributed by atoms with Gasteiger partial charge in [0.2, 0.25) is 11.1 Å². The third-order valence-electron chi connectivity index (χ3n) is 3.27. The van der Waals surface area contributed by atoms with E-state index in [4.69, 9.17) is 17.4 Å². The molecule has 0 spiro atoms. The maximum Gasteiger partial charge on any atom is 0.236 e. The summed E-state index contributed by atoms with van der Waals surface area (Å²) in [6.07, 6.45) is 0.683. The molecule has 0 aliphatic carbocycles. The van der Waals surface area contributed by atoms with Crippen molar-refractivity contribution in [2.45, 2.75) is 18.5 Å². The fourth-order valence-electron chi connectivity index (χ4n) is 2.02. The molecule has 0 aliphatic rings. The summed E-state index contributed by atoms with van der Waals surface area (Å²) in [5.74, 6) is 6.52. The number of amides is 1. The molecule has 1 aromatic carbocycles. The number of thiazole rings is 1. The molecular weight excluding hydrogens is 380 g/mol. The number of carbonyl (C=O) groups is 1. The Bertz CT molecular complexity index is 877. The lowest BCUT2D eigenvalue weighted by Crippen LogP contribution is -2.17. The van der Waals surface area contributed by atoms with Crippen LogP contribution in [0.3, 0.4) is 0 Å². The summed E-state index contributed by atoms with van der Waals surface area (Å²) in [6.45, 7) is 1.94. The van der Waals surface area contributed by atoms with Crippen LogP contribution in [0.15, 0.2) is 34.8 Å². The van der Waals surface area contributed by atoms with Crippen LogP contribution in [0.4, 0.5) is 5.13 Å². The lowest BCUT2D eigenvalue weighted by Gasteiger charge is -2.02. The van der Waals surface area contributed by atoms with Gasteiger partial charge in [-0.05, 0) is 12.1 Å². The van der Waals surface area contributed by atoms with Crippen molar-refractivity contribution in [1.29, 1.82) is 0 Å². The number of carbonyl (C=O) groups excluding carboxylic acids is 1. The number of nitrogen functional groups attached to an aromatic ring is 1. The number of aromatic nitrogens is 4. The number of aryl methyl sites for hydroxylation is 1. The largest absolute Gasteiger partial charge is 0.336 e. The van der Waals surface area contributed by atoms with E-state index < -0.39 is 0 Å². The highest BCUT2D eigenvalue weighted by molar-refractivity contribution is 7.99. The molecule has 7 nitrogen and oxygen atoms in total. The van der Waals surface area contributed by atoms with Crippen LogP contribution in [-0.2, 0) is 11.2 Å². The van der Waals surface area contributed by atoms with Crippen molar-refractivity contribution in [3.8, 4) is 11.3 Å². The van der Waals surface area contributed by atoms with Gasteiger partial charge in [-0.1, -0.05) is 42.4 Å². The van der Waals surface area contributed by atoms with Crippen LogP contribution in [-0.4, -0.2) is 31.5 Å². The molecule has 3 N–H and O–H groups in total. The molecule has 2 aromatic heterocycles. The van der Waals surface area contributed by atoms with Crippen LogP contribution in [0.1, 0.15) is 12.7 Å². The van der Waals surface area contributed by atoms with E-state index in [9.17, 15) is 4.79 Å². The number of thioether (sulfide) groups is 1. The average Bonchev–Trinajstić information content (AvgIpc) is 3.20. The highest BCUT2D eigenvalue weighted by atomic mass is 35.5. The summed E-state index contributed by atoms with van der Waals surface area (Å²) >= 11 is 8.48. The first-order chi connectivity index (χ1) is 12.1. The van der Waals surface area contributed by atoms with Crippen LogP contribution < -0.4 is 11.2 Å². The zero-order valence-corrected chi connectivity index (χ0v) is 15.7. The minimum Gasteiger partial charge on any atom is -0.336 e. The second-order valence-electron chi connectivity index (χ2n) is 5.00. The van der Waals surface area contributed by atoms with E-state index in [-0.39, 0.29) is 11.7 Å². The SMILES string of the molecule is CCc1nnc(SCC(=O)Nc2nc(-c3ccc(Cl)cc3)cs2)n1N. The predicted octanol–water partition coefficient (Wildman–Crippen LogP) is 3.06. The van der Waals surface area contributed by atoms with Gasteiger partial charge >= 0.3 is 0 Å². The van der Waals surface area contributed by atoms with Crippen molar-refractivity contribution in [2.75, 3.05) is 16.9 Å². The highest BCUT2D eigenvalue weighted by Crippen LogP contribution is 2.26. The number of anilines is 1. The molecule has 25 heavy (non-hydrogen) atoms. The molecule has 0 radical (unpaired) electrons. The van der Waals surface area contributed by atoms with Crippen molar-refractivity contribution < 1.29 is 4.79 Å². The number of halogens is 1. The van der Waals surface area contributed by atoms with Gasteiger partial charge in [-0.2, -0.15) is 0 Å². The number of hydrogen-bond donors (Lipinski definition) is 2. The molecular formula is C15H15ClN6OS2. The second kappa shape index (κ2) is 7.85. The predicted molar refractivity (Wildman–Crippen MR) is 101 cm³/mol. The van der Waals surface area contributed by atoms with Gasteiger partial charge in [0, 0.05) is 22.4 Å². The molecule has 0 fully saturated rings. The van der Waals surface area contributed by atoms with Gasteiger partial charge in [-0.15, -0.1) is 21.5 Å². The van der Waals surface area contributed by atoms with Crippen molar-refractivity contribution >= 4 is 45.7 Å². The van der Waals surface area contributed by atoms with E-state index in [1.54, 1.807) is 12.1 Å². The number of nitrogens with zero attached hydrogens (tertiary/aromatic N) is 4. The zero-order valence-electron chi connectivity index (χ0n) is 13.3. The number of benzene rings is 1. The number of nitrogens with two attached hydrogens (primary N) is 1. The van der Waals surface area contributed by atoms with Crippen LogP contribution in [0.25, 0.3) is 11.3 Å². The van der Waals surface area contributed by atoms with Gasteiger partial charge < -0.3 is 11.2 Å². The average molecular weight is 395 g/mol. The first-order valence-corrected chi connectivity index (χ1v) is 9.64. The molecule has 3 rings (SSSR count). The van der Waals surface area contributed by atoms with Gasteiger partial charge in [0.15, 0.2) is 11.0 Å². The maximum absolute atomic E-state index is 12.1. The Morgan fingerprint density at radius 2 is 2.12 bits per heavy atom. The summed E-state index contributed by atoms with van der Waals surface area (Å²) in [6, 6.07) is 7.38. The number of rotatable bonds is 6. The standard InChI is InChI=1S/C15H15ClN6OS2/c1-2-12-20-21-15(22(12)17)25-8-13(23)19-14-18-11(7-24-14)9-3-5-10(16)6-4-9/h3-7H,2,8,17H2,1H3,(H,18,19,23). The van der Waals surface area contributed by atoms with Crippen LogP contribution in [0.2, 0.25) is 5.02 Å². The Balaban J connectivity index is 1.58. The molecule has 0 atom stereocenters. The summed E-state index contributed by atoms with van der Waals surface area (Å²) < 4.78 is 1.40. The first kappa shape index (κ1) is 17.7. The van der Waals surface area contributed by atoms with Gasteiger partial charge in [0.05, 0.1) is 11.4 Å². The van der Waals surface area contributed by atoms with E-state index in [1.807, 2.05) is 24.4 Å². The highest BCUT2D eigenvalue weighted by Gasteiger charge is 2.12. The van der Waals surface area contributed by atoms with Gasteiger partial charge in [-0.3, -0.25) is 4.79 Å². The maximum atomic E-state index is 12.1. The smallest absolute Gasteiger partial charge is 0.236 e. The number of nitrogens with one attached hydrogen (secondary N) is 1. The zero-order chi connectivity index (χ0) is 17.8. The first-order valence-electron chi connectivity index (χ1n) is 7.40. The molecule has 3 aromatic rings. The Morgan fingerprint density at radius 3 is 2.80 bits per heavy atom. The topological polar surface area (TPSA) is 98.7 Å². The fraction of sp³-hybridized carbons (Fsp3) is 0.200. The molecule has 1 amide bonds. The van der Waals surface area contributed by atoms with Crippen LogP contribution in [0.5, 0.6) is 0 Å². The summed E-state index contributed by atoms with van der Waals surface area (Å²) in [4.78, 5) is 16.5. The minimum absolute atomic E-state index is 0.176. The lowest BCUT2D eigenvalue weighted by molar-refractivity contribution is -0.113. The van der Waals surface area contributed by atoms with Crippen LogP contribution in [0, 0.1) is 0 Å².